The predicted molar refractivity (Wildman–Crippen MR) is 128 cm³/mol. The Bertz CT molecular complexity index is 1130. The number of aromatic nitrogens is 1. The number of carboxylic acids is 1. The molecule has 0 unspecified atom stereocenters. The summed E-state index contributed by atoms with van der Waals surface area (Å²) in [6.45, 7) is 8.22. The number of carbonyl (C=O) groups is 5. The molecule has 15 nitrogen and oxygen atoms in total. The number of nitrogens with one attached hydrogen (secondary N) is 3. The number of anilines is 1. The lowest BCUT2D eigenvalue weighted by atomic mass is 9.98. The van der Waals surface area contributed by atoms with Crippen molar-refractivity contribution in [2.24, 2.45) is 5.16 Å². The number of thiazole rings is 1. The SMILES string of the molecule is CC(C)(C)OC(=O)Nc1nc(/C(=N/OC(C)(C)C(=O)O)C(=O)N[C@@H]2C(=O)N[C@@H]2CN2CCOC2=O)cs1. The van der Waals surface area contributed by atoms with Crippen molar-refractivity contribution in [3.8, 4) is 0 Å². The monoisotopic (exact) mass is 540 g/mol. The van der Waals surface area contributed by atoms with Gasteiger partial charge < -0.3 is 35.0 Å². The second-order valence-corrected chi connectivity index (χ2v) is 10.5. The molecule has 16 heteroatoms. The van der Waals surface area contributed by atoms with Crippen LogP contribution in [0.2, 0.25) is 0 Å². The van der Waals surface area contributed by atoms with Crippen LogP contribution in [0.4, 0.5) is 14.7 Å². The number of cyclic esters (lactones) is 1. The van der Waals surface area contributed by atoms with Gasteiger partial charge in [0.25, 0.3) is 5.91 Å². The molecule has 0 spiro atoms. The minimum atomic E-state index is -1.79. The highest BCUT2D eigenvalue weighted by Crippen LogP contribution is 2.20. The van der Waals surface area contributed by atoms with Crippen LogP contribution in [0.15, 0.2) is 10.5 Å². The average molecular weight is 541 g/mol. The molecule has 0 bridgehead atoms. The Morgan fingerprint density at radius 2 is 2.00 bits per heavy atom. The number of rotatable bonds is 9. The topological polar surface area (TPSA) is 198 Å². The van der Waals surface area contributed by atoms with E-state index in [1.54, 1.807) is 20.8 Å². The minimum absolute atomic E-state index is 0.0471. The third kappa shape index (κ3) is 7.05. The summed E-state index contributed by atoms with van der Waals surface area (Å²) in [6, 6.07) is -1.59. The van der Waals surface area contributed by atoms with Gasteiger partial charge >= 0.3 is 18.2 Å². The molecule has 4 amide bonds. The van der Waals surface area contributed by atoms with Gasteiger partial charge in [0.15, 0.2) is 10.8 Å². The van der Waals surface area contributed by atoms with Gasteiger partial charge in [0.05, 0.1) is 12.6 Å². The van der Waals surface area contributed by atoms with Crippen LogP contribution in [-0.2, 0) is 28.7 Å². The van der Waals surface area contributed by atoms with Gasteiger partial charge in [0.2, 0.25) is 11.5 Å². The van der Waals surface area contributed by atoms with Gasteiger partial charge in [-0.2, -0.15) is 0 Å². The van der Waals surface area contributed by atoms with Crippen LogP contribution < -0.4 is 16.0 Å². The fourth-order valence-corrected chi connectivity index (χ4v) is 3.71. The third-order valence-electron chi connectivity index (χ3n) is 5.01. The summed E-state index contributed by atoms with van der Waals surface area (Å²) in [5.41, 5.74) is -3.01. The number of amides is 4. The highest BCUT2D eigenvalue weighted by atomic mass is 32.1. The number of carbonyl (C=O) groups excluding carboxylic acids is 4. The zero-order chi connectivity index (χ0) is 27.5. The largest absolute Gasteiger partial charge is 0.478 e. The van der Waals surface area contributed by atoms with Gasteiger partial charge in [-0.15, -0.1) is 11.3 Å². The van der Waals surface area contributed by atoms with Crippen molar-refractivity contribution >= 4 is 52.2 Å². The van der Waals surface area contributed by atoms with Crippen LogP contribution >= 0.6 is 11.3 Å². The Kier molecular flexibility index (Phi) is 7.90. The second kappa shape index (κ2) is 10.6. The molecule has 0 saturated carbocycles. The van der Waals surface area contributed by atoms with Crippen LogP contribution in [0.1, 0.15) is 40.3 Å². The smallest absolute Gasteiger partial charge is 0.413 e. The Balaban J connectivity index is 1.78. The maximum absolute atomic E-state index is 13.1. The van der Waals surface area contributed by atoms with Gasteiger partial charge in [-0.1, -0.05) is 5.16 Å². The molecule has 0 aliphatic carbocycles. The lowest BCUT2D eigenvalue weighted by Gasteiger charge is -2.38. The lowest BCUT2D eigenvalue weighted by molar-refractivity contribution is -0.161. The number of oxime groups is 1. The summed E-state index contributed by atoms with van der Waals surface area (Å²) in [5, 5.41) is 22.1. The van der Waals surface area contributed by atoms with Gasteiger partial charge in [-0.25, -0.2) is 19.4 Å². The van der Waals surface area contributed by atoms with Crippen LogP contribution in [0, 0.1) is 0 Å². The van der Waals surface area contributed by atoms with E-state index in [2.05, 4.69) is 26.1 Å². The molecular weight excluding hydrogens is 512 g/mol. The molecule has 0 radical (unpaired) electrons. The molecule has 2 atom stereocenters. The maximum Gasteiger partial charge on any atom is 0.413 e. The summed E-state index contributed by atoms with van der Waals surface area (Å²) < 4.78 is 10.0. The fraction of sp³-hybridized carbons (Fsp3) is 0.571. The molecule has 2 fully saturated rings. The zero-order valence-corrected chi connectivity index (χ0v) is 21.6. The molecule has 202 valence electrons. The number of hydrogen-bond acceptors (Lipinski definition) is 11. The molecule has 37 heavy (non-hydrogen) atoms. The van der Waals surface area contributed by atoms with E-state index in [4.69, 9.17) is 14.3 Å². The molecule has 1 aromatic rings. The van der Waals surface area contributed by atoms with E-state index >= 15 is 0 Å². The second-order valence-electron chi connectivity index (χ2n) is 9.64. The normalized spacial score (nSPS) is 19.9. The van der Waals surface area contributed by atoms with Crippen molar-refractivity contribution in [1.29, 1.82) is 0 Å². The van der Waals surface area contributed by atoms with Crippen LogP contribution in [-0.4, -0.2) is 93.7 Å². The number of hydrogen-bond donors (Lipinski definition) is 4. The lowest BCUT2D eigenvalue weighted by Crippen LogP contribution is -2.72. The third-order valence-corrected chi connectivity index (χ3v) is 5.77. The van der Waals surface area contributed by atoms with Gasteiger partial charge in [-0.3, -0.25) is 14.9 Å². The van der Waals surface area contributed by atoms with E-state index in [0.717, 1.165) is 11.3 Å². The first-order valence-electron chi connectivity index (χ1n) is 11.1. The Hall–Kier alpha value is -3.95. The number of ether oxygens (including phenoxy) is 2. The maximum atomic E-state index is 13.1. The van der Waals surface area contributed by atoms with Gasteiger partial charge in [-0.05, 0) is 34.6 Å². The van der Waals surface area contributed by atoms with Crippen molar-refractivity contribution in [1.82, 2.24) is 20.5 Å². The number of aliphatic carboxylic acids is 1. The molecule has 0 aromatic carbocycles. The fourth-order valence-electron chi connectivity index (χ4n) is 3.03. The summed E-state index contributed by atoms with van der Waals surface area (Å²) in [7, 11) is 0. The van der Waals surface area contributed by atoms with E-state index in [-0.39, 0.29) is 24.0 Å². The van der Waals surface area contributed by atoms with Crippen molar-refractivity contribution in [2.75, 3.05) is 25.0 Å². The molecule has 3 rings (SSSR count). The minimum Gasteiger partial charge on any atom is -0.478 e. The quantitative estimate of drug-likeness (QED) is 0.194. The highest BCUT2D eigenvalue weighted by molar-refractivity contribution is 7.14. The first-order valence-corrected chi connectivity index (χ1v) is 12.0. The van der Waals surface area contributed by atoms with Crippen molar-refractivity contribution in [2.45, 2.75) is 57.9 Å². The zero-order valence-electron chi connectivity index (χ0n) is 20.8. The molecule has 1 aromatic heterocycles. The number of carboxylic acid groups (broad SMARTS) is 1. The van der Waals surface area contributed by atoms with E-state index in [0.29, 0.717) is 6.54 Å². The molecule has 3 heterocycles. The first kappa shape index (κ1) is 27.6. The van der Waals surface area contributed by atoms with Crippen molar-refractivity contribution in [3.05, 3.63) is 11.1 Å². The highest BCUT2D eigenvalue weighted by Gasteiger charge is 2.43. The summed E-state index contributed by atoms with van der Waals surface area (Å²) in [5.74, 6) is -2.70. The van der Waals surface area contributed by atoms with Crippen molar-refractivity contribution < 1.29 is 43.4 Å². The summed E-state index contributed by atoms with van der Waals surface area (Å²) in [4.78, 5) is 71.1. The summed E-state index contributed by atoms with van der Waals surface area (Å²) >= 11 is 0.957. The van der Waals surface area contributed by atoms with E-state index in [9.17, 15) is 29.1 Å². The average Bonchev–Trinajstić information content (AvgIpc) is 3.39. The first-order chi connectivity index (χ1) is 17.2. The Labute approximate surface area is 215 Å². The number of nitrogens with zero attached hydrogens (tertiary/aromatic N) is 3. The summed E-state index contributed by atoms with van der Waals surface area (Å²) in [6.07, 6.45) is -1.29. The standard InChI is InChI=1S/C21H28N6O9S/c1-20(2,3)35-18(32)25-17-23-11(9-37-17)13(26-36-21(4,5)16(30)31)15(29)24-12-10(22-14(12)28)8-27-6-7-34-19(27)33/h9-10,12H,6-8H2,1-5H3,(H,22,28)(H,24,29)(H,30,31)(H,23,25,32)/b26-13-/t10-,12+/m1/s1. The van der Waals surface area contributed by atoms with Crippen molar-refractivity contribution in [3.63, 3.8) is 0 Å². The Morgan fingerprint density at radius 1 is 1.30 bits per heavy atom. The number of β-lactam (4-membered cyclic amide) rings is 1. The molecule has 2 aliphatic heterocycles. The molecule has 2 aliphatic rings. The van der Waals surface area contributed by atoms with E-state index < -0.39 is 59.0 Å². The van der Waals surface area contributed by atoms with Gasteiger partial charge in [0.1, 0.15) is 23.9 Å². The predicted octanol–water partition coefficient (Wildman–Crippen LogP) is 0.509. The van der Waals surface area contributed by atoms with E-state index in [1.807, 2.05) is 0 Å². The van der Waals surface area contributed by atoms with Gasteiger partial charge in [0, 0.05) is 11.9 Å². The van der Waals surface area contributed by atoms with E-state index in [1.165, 1.54) is 24.1 Å². The van der Waals surface area contributed by atoms with Crippen LogP contribution in [0.3, 0.4) is 0 Å². The van der Waals surface area contributed by atoms with Crippen LogP contribution in [0.5, 0.6) is 0 Å². The molecular formula is C21H28N6O9S. The Morgan fingerprint density at radius 3 is 2.57 bits per heavy atom. The molecule has 2 saturated heterocycles. The van der Waals surface area contributed by atoms with Crippen LogP contribution in [0.25, 0.3) is 0 Å². The molecule has 4 N–H and O–H groups in total.